The van der Waals surface area contributed by atoms with Crippen LogP contribution in [0.2, 0.25) is 0 Å². The van der Waals surface area contributed by atoms with E-state index in [0.29, 0.717) is 19.4 Å². The highest BCUT2D eigenvalue weighted by Gasteiger charge is 2.24. The summed E-state index contributed by atoms with van der Waals surface area (Å²) in [6.07, 6.45) is 3.55. The van der Waals surface area contributed by atoms with Gasteiger partial charge in [-0.2, -0.15) is 0 Å². The van der Waals surface area contributed by atoms with E-state index >= 15 is 0 Å². The zero-order valence-corrected chi connectivity index (χ0v) is 26.2. The molecule has 0 rings (SSSR count). The molecule has 4 unspecified atom stereocenters. The molecular formula is C28H57N3O12. The number of rotatable bonds is 19. The lowest BCUT2D eigenvalue weighted by atomic mass is 10.1. The van der Waals surface area contributed by atoms with E-state index < -0.39 is 36.4 Å². The minimum absolute atomic E-state index is 0.0581. The average Bonchev–Trinajstić information content (AvgIpc) is 3.04. The number of aliphatic hydroxyl groups is 8. The predicted molar refractivity (Wildman–Crippen MR) is 162 cm³/mol. The van der Waals surface area contributed by atoms with Crippen LogP contribution in [0.4, 0.5) is 4.79 Å². The molecule has 3 amide bonds. The molecule has 15 heteroatoms. The Balaban J connectivity index is -0.000000374. The van der Waals surface area contributed by atoms with Crippen LogP contribution in [0.1, 0.15) is 59.3 Å². The van der Waals surface area contributed by atoms with Crippen molar-refractivity contribution >= 4 is 17.9 Å². The third-order valence-corrected chi connectivity index (χ3v) is 5.24. The summed E-state index contributed by atoms with van der Waals surface area (Å²) < 4.78 is 4.97. The topological polar surface area (TPSA) is 258 Å². The number of nitrogens with one attached hydrogen (secondary N) is 3. The highest BCUT2D eigenvalue weighted by molar-refractivity contribution is 5.82. The smallest absolute Gasteiger partial charge is 0.407 e. The van der Waals surface area contributed by atoms with Gasteiger partial charge in [-0.05, 0) is 44.6 Å². The summed E-state index contributed by atoms with van der Waals surface area (Å²) in [6.45, 7) is 5.15. The van der Waals surface area contributed by atoms with Gasteiger partial charge in [-0.1, -0.05) is 32.1 Å². The molecule has 0 aliphatic carbocycles. The van der Waals surface area contributed by atoms with E-state index in [2.05, 4.69) is 16.0 Å². The molecule has 15 nitrogen and oxygen atoms in total. The summed E-state index contributed by atoms with van der Waals surface area (Å²) >= 11 is 0. The molecule has 0 spiro atoms. The van der Waals surface area contributed by atoms with Gasteiger partial charge in [0.15, 0.2) is 0 Å². The number of aliphatic hydroxyl groups excluding tert-OH is 8. The summed E-state index contributed by atoms with van der Waals surface area (Å²) in [5.41, 5.74) is 0.824. The van der Waals surface area contributed by atoms with Crippen molar-refractivity contribution in [2.45, 2.75) is 83.7 Å². The molecule has 11 N–H and O–H groups in total. The lowest BCUT2D eigenvalue weighted by molar-refractivity contribution is -0.122. The molecule has 0 heterocycles. The first-order chi connectivity index (χ1) is 20.6. The fourth-order valence-electron chi connectivity index (χ4n) is 2.76. The normalized spacial score (nSPS) is 13.4. The zero-order chi connectivity index (χ0) is 34.1. The quantitative estimate of drug-likeness (QED) is 0.0575. The second-order valence-corrected chi connectivity index (χ2v) is 8.58. The molecule has 0 bridgehead atoms. The Hall–Kier alpha value is -2.63. The van der Waals surface area contributed by atoms with Crippen LogP contribution in [0, 0.1) is 0 Å². The van der Waals surface area contributed by atoms with Crippen molar-refractivity contribution in [3.63, 3.8) is 0 Å². The maximum absolute atomic E-state index is 11.6. The van der Waals surface area contributed by atoms with Crippen LogP contribution in [-0.4, -0.2) is 137 Å². The fraction of sp³-hybridized carbons (Fsp3) is 0.750. The van der Waals surface area contributed by atoms with Gasteiger partial charge in [0.05, 0.1) is 31.5 Å². The van der Waals surface area contributed by atoms with E-state index in [9.17, 15) is 29.7 Å². The monoisotopic (exact) mass is 627 g/mol. The van der Waals surface area contributed by atoms with Gasteiger partial charge in [0.2, 0.25) is 11.8 Å². The minimum Gasteiger partial charge on any atom is -0.445 e. The van der Waals surface area contributed by atoms with Gasteiger partial charge in [0, 0.05) is 40.3 Å². The van der Waals surface area contributed by atoms with E-state index in [1.807, 2.05) is 39.0 Å². The molecule has 0 radical (unpaired) electrons. The summed E-state index contributed by atoms with van der Waals surface area (Å²) in [7, 11) is 2.00. The van der Waals surface area contributed by atoms with Gasteiger partial charge in [-0.15, -0.1) is 0 Å². The van der Waals surface area contributed by atoms with Crippen molar-refractivity contribution in [3.05, 3.63) is 23.8 Å². The van der Waals surface area contributed by atoms with Crippen LogP contribution in [0.25, 0.3) is 0 Å². The highest BCUT2D eigenvalue weighted by Crippen LogP contribution is 2.03. The van der Waals surface area contributed by atoms with Gasteiger partial charge in [0.1, 0.15) is 12.7 Å². The second-order valence-electron chi connectivity index (χ2n) is 8.58. The summed E-state index contributed by atoms with van der Waals surface area (Å²) in [4.78, 5) is 33.9. The molecule has 0 aromatic carbocycles. The van der Waals surface area contributed by atoms with Gasteiger partial charge >= 0.3 is 6.09 Å². The number of hydrogen-bond donors (Lipinski definition) is 11. The van der Waals surface area contributed by atoms with Crippen LogP contribution in [0.15, 0.2) is 23.8 Å². The van der Waals surface area contributed by atoms with Gasteiger partial charge in [-0.25, -0.2) is 4.79 Å². The summed E-state index contributed by atoms with van der Waals surface area (Å²) in [5, 5.41) is 76.1. The molecule has 0 aromatic heterocycles. The molecule has 0 aliphatic rings. The van der Waals surface area contributed by atoms with Gasteiger partial charge < -0.3 is 61.5 Å². The van der Waals surface area contributed by atoms with Crippen molar-refractivity contribution in [2.75, 3.05) is 53.7 Å². The van der Waals surface area contributed by atoms with E-state index in [-0.39, 0.29) is 45.2 Å². The molecule has 0 saturated carbocycles. The van der Waals surface area contributed by atoms with E-state index in [1.54, 1.807) is 0 Å². The van der Waals surface area contributed by atoms with E-state index in [1.165, 1.54) is 0 Å². The number of hydrogen-bond acceptors (Lipinski definition) is 12. The fourth-order valence-corrected chi connectivity index (χ4v) is 2.76. The molecule has 0 aromatic rings. The van der Waals surface area contributed by atoms with Crippen molar-refractivity contribution in [2.24, 2.45) is 0 Å². The Morgan fingerprint density at radius 3 is 1.98 bits per heavy atom. The van der Waals surface area contributed by atoms with Crippen molar-refractivity contribution in [1.82, 2.24) is 16.0 Å². The number of amides is 3. The van der Waals surface area contributed by atoms with Gasteiger partial charge in [0.25, 0.3) is 0 Å². The number of carbonyl (C=O) groups excluding carboxylic acids is 3. The number of ether oxygens (including phenoxy) is 1. The van der Waals surface area contributed by atoms with Crippen LogP contribution in [-0.2, 0) is 14.3 Å². The van der Waals surface area contributed by atoms with Crippen LogP contribution < -0.4 is 16.0 Å². The Kier molecular flexibility index (Phi) is 39.1. The number of unbranched alkanes of at least 4 members (excludes halogenated alkanes) is 1. The maximum atomic E-state index is 11.6. The third kappa shape index (κ3) is 32.1. The van der Waals surface area contributed by atoms with E-state index in [4.69, 9.17) is 30.3 Å². The highest BCUT2D eigenvalue weighted by atomic mass is 16.5. The Bertz CT molecular complexity index is 723. The standard InChI is InChI=1S/C17H30N2O7.C9H19NO3.2CH4O/c1-3-5-6-12(4-2)11-26-17(25)19-10-15(23)18-9-14(22)16(24)13(21)7-8-20;1-2-9(13)10-6-4-3-5-8(12)7-11;2*1-2/h4-6,13-14,16,20-22,24H,3,7-11H2,1-2H3,(H,18,23)(H,19,25);8,11-12H,2-7H2,1H3,(H,10,13);2*2H,1H3/b6-5-,12-4+;;;. The molecule has 0 saturated heterocycles. The van der Waals surface area contributed by atoms with Crippen LogP contribution >= 0.6 is 0 Å². The maximum Gasteiger partial charge on any atom is 0.407 e. The first-order valence-corrected chi connectivity index (χ1v) is 14.1. The third-order valence-electron chi connectivity index (χ3n) is 5.24. The lowest BCUT2D eigenvalue weighted by Crippen LogP contribution is -2.46. The molecule has 43 heavy (non-hydrogen) atoms. The Morgan fingerprint density at radius 1 is 0.837 bits per heavy atom. The number of allylic oxidation sites excluding steroid dienone is 2. The van der Waals surface area contributed by atoms with Crippen LogP contribution in [0.5, 0.6) is 0 Å². The van der Waals surface area contributed by atoms with Crippen molar-refractivity contribution in [1.29, 1.82) is 0 Å². The minimum atomic E-state index is -1.50. The first-order valence-electron chi connectivity index (χ1n) is 14.1. The number of alkyl carbamates (subject to hydrolysis) is 1. The zero-order valence-electron chi connectivity index (χ0n) is 26.2. The molecule has 0 aliphatic heterocycles. The van der Waals surface area contributed by atoms with Gasteiger partial charge in [-0.3, -0.25) is 9.59 Å². The molecule has 0 fully saturated rings. The van der Waals surface area contributed by atoms with Crippen molar-refractivity contribution < 1.29 is 60.0 Å². The largest absolute Gasteiger partial charge is 0.445 e. The predicted octanol–water partition coefficient (Wildman–Crippen LogP) is -1.54. The Morgan fingerprint density at radius 2 is 1.47 bits per heavy atom. The second kappa shape index (κ2) is 35.6. The first kappa shape index (κ1) is 47.3. The van der Waals surface area contributed by atoms with E-state index in [0.717, 1.165) is 39.1 Å². The Labute approximate surface area is 255 Å². The SMILES string of the molecule is C/C=C(\C=C/CC)COC(=O)NCC(=O)NCC(O)C(O)C(O)CCO.CCC(=O)NCCCCC(O)CO.CO.CO. The van der Waals surface area contributed by atoms with Crippen molar-refractivity contribution in [3.8, 4) is 0 Å². The lowest BCUT2D eigenvalue weighted by Gasteiger charge is -2.22. The molecular weight excluding hydrogens is 570 g/mol. The summed E-state index contributed by atoms with van der Waals surface area (Å²) in [5.74, 6) is -0.537. The van der Waals surface area contributed by atoms with Crippen LogP contribution in [0.3, 0.4) is 0 Å². The average molecular weight is 628 g/mol. The molecule has 256 valence electrons. The summed E-state index contributed by atoms with van der Waals surface area (Å²) in [6, 6.07) is 0. The number of carbonyl (C=O) groups is 3. The molecule has 4 atom stereocenters.